The van der Waals surface area contributed by atoms with E-state index in [1.807, 2.05) is 0 Å². The lowest BCUT2D eigenvalue weighted by atomic mass is 10.1. The van der Waals surface area contributed by atoms with E-state index in [-0.39, 0.29) is 11.7 Å². The molecule has 0 spiro atoms. The zero-order valence-electron chi connectivity index (χ0n) is 8.28. The van der Waals surface area contributed by atoms with Crippen LogP contribution in [0.15, 0.2) is 0 Å². The predicted molar refractivity (Wildman–Crippen MR) is 51.4 cm³/mol. The van der Waals surface area contributed by atoms with Gasteiger partial charge in [0.25, 0.3) is 0 Å². The van der Waals surface area contributed by atoms with Crippen molar-refractivity contribution in [1.29, 1.82) is 0 Å². The van der Waals surface area contributed by atoms with Crippen LogP contribution in [0.1, 0.15) is 26.7 Å². The SMILES string of the molecule is CC(C)(NS(=O)(=O)CC1CC1)C(=O)O. The van der Waals surface area contributed by atoms with Crippen LogP contribution >= 0.6 is 0 Å². The minimum Gasteiger partial charge on any atom is -0.480 e. The first-order valence-corrected chi connectivity index (χ1v) is 6.13. The Labute approximate surface area is 83.6 Å². The second kappa shape index (κ2) is 3.51. The van der Waals surface area contributed by atoms with Gasteiger partial charge < -0.3 is 5.11 Å². The molecular formula is C8H15NO4S. The van der Waals surface area contributed by atoms with Crippen LogP contribution in [0.2, 0.25) is 0 Å². The van der Waals surface area contributed by atoms with Gasteiger partial charge in [0.15, 0.2) is 0 Å². The van der Waals surface area contributed by atoms with Gasteiger partial charge >= 0.3 is 5.97 Å². The second-order valence-electron chi connectivity index (χ2n) is 4.26. The summed E-state index contributed by atoms with van der Waals surface area (Å²) in [5, 5.41) is 8.73. The highest BCUT2D eigenvalue weighted by atomic mass is 32.2. The lowest BCUT2D eigenvalue weighted by Gasteiger charge is -2.20. The lowest BCUT2D eigenvalue weighted by molar-refractivity contribution is -0.142. The maximum absolute atomic E-state index is 11.4. The van der Waals surface area contributed by atoms with Crippen LogP contribution in [0.5, 0.6) is 0 Å². The second-order valence-corrected chi connectivity index (χ2v) is 6.02. The van der Waals surface area contributed by atoms with Crippen molar-refractivity contribution in [3.8, 4) is 0 Å². The van der Waals surface area contributed by atoms with Crippen LogP contribution < -0.4 is 4.72 Å². The predicted octanol–water partition coefficient (Wildman–Crippen LogP) is 0.179. The molecule has 82 valence electrons. The Morgan fingerprint density at radius 2 is 2.00 bits per heavy atom. The van der Waals surface area contributed by atoms with Crippen molar-refractivity contribution in [3.63, 3.8) is 0 Å². The highest BCUT2D eigenvalue weighted by molar-refractivity contribution is 7.89. The molecule has 0 aromatic carbocycles. The molecule has 1 saturated carbocycles. The van der Waals surface area contributed by atoms with Gasteiger partial charge in [0, 0.05) is 0 Å². The highest BCUT2D eigenvalue weighted by Gasteiger charge is 2.35. The van der Waals surface area contributed by atoms with Gasteiger partial charge in [0.1, 0.15) is 5.54 Å². The molecule has 1 fully saturated rings. The van der Waals surface area contributed by atoms with Crippen molar-refractivity contribution in [2.24, 2.45) is 5.92 Å². The van der Waals surface area contributed by atoms with E-state index in [4.69, 9.17) is 5.11 Å². The van der Waals surface area contributed by atoms with Crippen molar-refractivity contribution >= 4 is 16.0 Å². The molecule has 0 atom stereocenters. The Balaban J connectivity index is 2.61. The normalized spacial score (nSPS) is 18.1. The number of carboxylic acid groups (broad SMARTS) is 1. The number of carbonyl (C=O) groups is 1. The summed E-state index contributed by atoms with van der Waals surface area (Å²) in [5.74, 6) is -0.905. The van der Waals surface area contributed by atoms with Crippen molar-refractivity contribution in [2.45, 2.75) is 32.2 Å². The third kappa shape index (κ3) is 3.26. The van der Waals surface area contributed by atoms with Gasteiger partial charge in [-0.15, -0.1) is 0 Å². The fraction of sp³-hybridized carbons (Fsp3) is 0.875. The third-order valence-electron chi connectivity index (χ3n) is 2.10. The first kappa shape index (κ1) is 11.5. The molecule has 5 nitrogen and oxygen atoms in total. The fourth-order valence-corrected chi connectivity index (χ4v) is 2.97. The van der Waals surface area contributed by atoms with E-state index in [2.05, 4.69) is 4.72 Å². The number of aliphatic carboxylic acids is 1. The summed E-state index contributed by atoms with van der Waals surface area (Å²) >= 11 is 0. The smallest absolute Gasteiger partial charge is 0.324 e. The summed E-state index contributed by atoms with van der Waals surface area (Å²) in [5.41, 5.74) is -1.42. The Morgan fingerprint density at radius 1 is 1.50 bits per heavy atom. The number of carboxylic acids is 1. The fourth-order valence-electron chi connectivity index (χ4n) is 1.07. The van der Waals surface area contributed by atoms with Gasteiger partial charge in [-0.05, 0) is 32.6 Å². The molecule has 0 aromatic heterocycles. The average Bonchev–Trinajstić information content (AvgIpc) is 2.67. The van der Waals surface area contributed by atoms with Crippen LogP contribution in [0.3, 0.4) is 0 Å². The quantitative estimate of drug-likeness (QED) is 0.693. The van der Waals surface area contributed by atoms with Gasteiger partial charge in [-0.1, -0.05) is 0 Å². The van der Waals surface area contributed by atoms with E-state index >= 15 is 0 Å². The van der Waals surface area contributed by atoms with E-state index in [1.54, 1.807) is 0 Å². The van der Waals surface area contributed by atoms with Crippen molar-refractivity contribution in [3.05, 3.63) is 0 Å². The number of hydrogen-bond acceptors (Lipinski definition) is 3. The minimum atomic E-state index is -3.45. The molecule has 0 heterocycles. The molecule has 2 N–H and O–H groups in total. The number of sulfonamides is 1. The lowest BCUT2D eigenvalue weighted by Crippen LogP contribution is -2.50. The molecule has 0 amide bonds. The van der Waals surface area contributed by atoms with Crippen molar-refractivity contribution < 1.29 is 18.3 Å². The molecule has 6 heteroatoms. The summed E-state index contributed by atoms with van der Waals surface area (Å²) in [6.07, 6.45) is 1.85. The maximum Gasteiger partial charge on any atom is 0.324 e. The topological polar surface area (TPSA) is 83.5 Å². The van der Waals surface area contributed by atoms with Gasteiger partial charge in [-0.2, -0.15) is 4.72 Å². The van der Waals surface area contributed by atoms with Gasteiger partial charge in [-0.25, -0.2) is 8.42 Å². The van der Waals surface area contributed by atoms with Gasteiger partial charge in [0.05, 0.1) is 5.75 Å². The Bertz CT molecular complexity index is 329. The average molecular weight is 221 g/mol. The summed E-state index contributed by atoms with van der Waals surface area (Å²) in [6, 6.07) is 0. The van der Waals surface area contributed by atoms with Crippen LogP contribution in [-0.2, 0) is 14.8 Å². The van der Waals surface area contributed by atoms with E-state index in [0.29, 0.717) is 0 Å². The van der Waals surface area contributed by atoms with Crippen molar-refractivity contribution in [2.75, 3.05) is 5.75 Å². The van der Waals surface area contributed by atoms with Crippen molar-refractivity contribution in [1.82, 2.24) is 4.72 Å². The Hall–Kier alpha value is -0.620. The summed E-state index contributed by atoms with van der Waals surface area (Å²) in [6.45, 7) is 2.67. The molecule has 0 radical (unpaired) electrons. The largest absolute Gasteiger partial charge is 0.480 e. The highest BCUT2D eigenvalue weighted by Crippen LogP contribution is 2.30. The molecule has 0 aliphatic heterocycles. The third-order valence-corrected chi connectivity index (χ3v) is 3.83. The molecule has 0 aromatic rings. The minimum absolute atomic E-state index is 0.0453. The summed E-state index contributed by atoms with van der Waals surface area (Å²) in [7, 11) is -3.45. The van der Waals surface area contributed by atoms with E-state index in [1.165, 1.54) is 13.8 Å². The van der Waals surface area contributed by atoms with Crippen LogP contribution in [0.25, 0.3) is 0 Å². The summed E-state index contributed by atoms with van der Waals surface area (Å²) in [4.78, 5) is 10.7. The molecule has 0 unspecified atom stereocenters. The van der Waals surface area contributed by atoms with E-state index in [9.17, 15) is 13.2 Å². The molecule has 0 bridgehead atoms. The van der Waals surface area contributed by atoms with E-state index < -0.39 is 21.5 Å². The molecule has 0 saturated heterocycles. The first-order valence-electron chi connectivity index (χ1n) is 4.48. The van der Waals surface area contributed by atoms with Crippen LogP contribution in [-0.4, -0.2) is 30.8 Å². The zero-order valence-corrected chi connectivity index (χ0v) is 9.10. The standard InChI is InChI=1S/C8H15NO4S/c1-8(2,7(10)11)9-14(12,13)5-6-3-4-6/h6,9H,3-5H2,1-2H3,(H,10,11). The molecule has 1 aliphatic carbocycles. The van der Waals surface area contributed by atoms with Crippen LogP contribution in [0, 0.1) is 5.92 Å². The van der Waals surface area contributed by atoms with Gasteiger partial charge in [0.2, 0.25) is 10.0 Å². The molecule has 14 heavy (non-hydrogen) atoms. The van der Waals surface area contributed by atoms with Gasteiger partial charge in [-0.3, -0.25) is 4.79 Å². The Kier molecular flexibility index (Phi) is 2.87. The maximum atomic E-state index is 11.4. The Morgan fingerprint density at radius 3 is 2.36 bits per heavy atom. The van der Waals surface area contributed by atoms with Crippen LogP contribution in [0.4, 0.5) is 0 Å². The summed E-state index contributed by atoms with van der Waals surface area (Å²) < 4.78 is 25.0. The monoisotopic (exact) mass is 221 g/mol. The molecule has 1 aliphatic rings. The number of nitrogens with one attached hydrogen (secondary N) is 1. The molecular weight excluding hydrogens is 206 g/mol. The number of hydrogen-bond donors (Lipinski definition) is 2. The van der Waals surface area contributed by atoms with E-state index in [0.717, 1.165) is 12.8 Å². The number of rotatable bonds is 5. The first-order chi connectivity index (χ1) is 6.23. The molecule has 1 rings (SSSR count). The zero-order chi connectivity index (χ0) is 11.0.